The minimum absolute atomic E-state index is 0.180. The molecule has 0 atom stereocenters. The average Bonchev–Trinajstić information content (AvgIpc) is 2.24. The van der Waals surface area contributed by atoms with Gasteiger partial charge < -0.3 is 15.5 Å². The fourth-order valence-electron chi connectivity index (χ4n) is 1.58. The highest BCUT2D eigenvalue weighted by Gasteiger charge is 2.15. The van der Waals surface area contributed by atoms with Gasteiger partial charge in [0, 0.05) is 23.8 Å². The molecule has 6 heteroatoms. The molecule has 15 heavy (non-hydrogen) atoms. The second kappa shape index (κ2) is 4.24. The highest BCUT2D eigenvalue weighted by molar-refractivity contribution is 9.10. The van der Waals surface area contributed by atoms with E-state index in [0.29, 0.717) is 18.9 Å². The van der Waals surface area contributed by atoms with E-state index in [4.69, 9.17) is 10.6 Å². The van der Waals surface area contributed by atoms with Crippen LogP contribution in [0.5, 0.6) is 0 Å². The Balaban J connectivity index is 2.38. The Kier molecular flexibility index (Phi) is 2.97. The molecular formula is C9H12BrN3O2. The third-order valence-corrected chi connectivity index (χ3v) is 2.78. The van der Waals surface area contributed by atoms with Gasteiger partial charge in [0.25, 0.3) is 5.56 Å². The molecule has 0 aliphatic carbocycles. The Labute approximate surface area is 95.5 Å². The number of halogens is 1. The largest absolute Gasteiger partial charge is 0.378 e. The van der Waals surface area contributed by atoms with Crippen molar-refractivity contribution in [2.75, 3.05) is 37.0 Å². The highest BCUT2D eigenvalue weighted by atomic mass is 79.9. The van der Waals surface area contributed by atoms with Crippen molar-refractivity contribution in [2.24, 2.45) is 0 Å². The molecule has 0 unspecified atom stereocenters. The fourth-order valence-corrected chi connectivity index (χ4v) is 2.02. The summed E-state index contributed by atoms with van der Waals surface area (Å²) in [5.74, 6) is 5.54. The first-order chi connectivity index (χ1) is 7.18. The lowest BCUT2D eigenvalue weighted by Crippen LogP contribution is -2.41. The van der Waals surface area contributed by atoms with Crippen LogP contribution in [0.4, 0.5) is 5.69 Å². The molecule has 0 aromatic carbocycles. The molecule has 1 fully saturated rings. The zero-order chi connectivity index (χ0) is 10.8. The van der Waals surface area contributed by atoms with E-state index in [2.05, 4.69) is 15.9 Å². The molecule has 1 aliphatic heterocycles. The first-order valence-electron chi connectivity index (χ1n) is 4.68. The number of aromatic nitrogens is 1. The van der Waals surface area contributed by atoms with Crippen LogP contribution in [0, 0.1) is 0 Å². The quantitative estimate of drug-likeness (QED) is 0.741. The maximum absolute atomic E-state index is 11.8. The third kappa shape index (κ3) is 2.15. The molecule has 0 amide bonds. The summed E-state index contributed by atoms with van der Waals surface area (Å²) in [5, 5.41) is 0. The molecule has 2 rings (SSSR count). The number of ether oxygens (including phenoxy) is 1. The number of pyridine rings is 1. The average molecular weight is 274 g/mol. The molecule has 82 valence electrons. The predicted octanol–water partition coefficient (Wildman–Crippen LogP) is 0.161. The van der Waals surface area contributed by atoms with Crippen molar-refractivity contribution < 1.29 is 4.74 Å². The SMILES string of the molecule is Nn1cc(Br)cc(N2CCOCC2)c1=O. The van der Waals surface area contributed by atoms with Crippen LogP contribution >= 0.6 is 15.9 Å². The van der Waals surface area contributed by atoms with E-state index in [0.717, 1.165) is 22.2 Å². The van der Waals surface area contributed by atoms with E-state index in [9.17, 15) is 4.79 Å². The summed E-state index contributed by atoms with van der Waals surface area (Å²) in [7, 11) is 0. The van der Waals surface area contributed by atoms with Gasteiger partial charge in [0.15, 0.2) is 0 Å². The van der Waals surface area contributed by atoms with Crippen LogP contribution in [0.1, 0.15) is 0 Å². The van der Waals surface area contributed by atoms with Crippen molar-refractivity contribution in [1.82, 2.24) is 4.68 Å². The lowest BCUT2D eigenvalue weighted by atomic mass is 10.3. The number of rotatable bonds is 1. The Morgan fingerprint density at radius 2 is 2.07 bits per heavy atom. The van der Waals surface area contributed by atoms with E-state index in [1.165, 1.54) is 0 Å². The maximum Gasteiger partial charge on any atom is 0.292 e. The lowest BCUT2D eigenvalue weighted by molar-refractivity contribution is 0.122. The fraction of sp³-hybridized carbons (Fsp3) is 0.444. The molecule has 5 nitrogen and oxygen atoms in total. The van der Waals surface area contributed by atoms with Crippen LogP contribution in [-0.4, -0.2) is 31.0 Å². The van der Waals surface area contributed by atoms with Gasteiger partial charge in [-0.2, -0.15) is 0 Å². The number of hydrogen-bond donors (Lipinski definition) is 1. The van der Waals surface area contributed by atoms with Gasteiger partial charge in [0.2, 0.25) is 0 Å². The van der Waals surface area contributed by atoms with Crippen LogP contribution in [0.25, 0.3) is 0 Å². The third-order valence-electron chi connectivity index (χ3n) is 2.34. The molecule has 2 heterocycles. The summed E-state index contributed by atoms with van der Waals surface area (Å²) in [6.45, 7) is 2.75. The normalized spacial score (nSPS) is 16.7. The summed E-state index contributed by atoms with van der Waals surface area (Å²) in [6.07, 6.45) is 1.55. The molecule has 1 saturated heterocycles. The summed E-state index contributed by atoms with van der Waals surface area (Å²) < 4.78 is 7.12. The molecule has 0 bridgehead atoms. The van der Waals surface area contributed by atoms with Gasteiger partial charge in [-0.25, -0.2) is 4.68 Å². The minimum atomic E-state index is -0.180. The molecule has 1 aromatic heterocycles. The number of nitrogens with two attached hydrogens (primary N) is 1. The van der Waals surface area contributed by atoms with Gasteiger partial charge in [-0.3, -0.25) is 4.79 Å². The van der Waals surface area contributed by atoms with E-state index in [-0.39, 0.29) is 5.56 Å². The molecule has 1 aromatic rings. The van der Waals surface area contributed by atoms with Crippen LogP contribution in [0.3, 0.4) is 0 Å². The highest BCUT2D eigenvalue weighted by Crippen LogP contribution is 2.15. The van der Waals surface area contributed by atoms with Crippen molar-refractivity contribution in [3.8, 4) is 0 Å². The van der Waals surface area contributed by atoms with Crippen molar-refractivity contribution >= 4 is 21.6 Å². The second-order valence-electron chi connectivity index (χ2n) is 3.36. The number of hydrogen-bond acceptors (Lipinski definition) is 4. The number of anilines is 1. The molecule has 2 N–H and O–H groups in total. The zero-order valence-corrected chi connectivity index (χ0v) is 9.74. The van der Waals surface area contributed by atoms with E-state index in [1.807, 2.05) is 4.90 Å². The van der Waals surface area contributed by atoms with Crippen molar-refractivity contribution in [2.45, 2.75) is 0 Å². The zero-order valence-electron chi connectivity index (χ0n) is 8.15. The van der Waals surface area contributed by atoms with Gasteiger partial charge in [0.05, 0.1) is 13.2 Å². The summed E-state index contributed by atoms with van der Waals surface area (Å²) in [4.78, 5) is 13.7. The summed E-state index contributed by atoms with van der Waals surface area (Å²) in [5.41, 5.74) is 0.440. The molecule has 0 radical (unpaired) electrons. The van der Waals surface area contributed by atoms with Crippen LogP contribution in [0.2, 0.25) is 0 Å². The van der Waals surface area contributed by atoms with Crippen molar-refractivity contribution in [1.29, 1.82) is 0 Å². The van der Waals surface area contributed by atoms with Crippen LogP contribution in [-0.2, 0) is 4.74 Å². The van der Waals surface area contributed by atoms with Gasteiger partial charge in [-0.05, 0) is 22.0 Å². The van der Waals surface area contributed by atoms with Gasteiger partial charge in [-0.1, -0.05) is 0 Å². The first-order valence-corrected chi connectivity index (χ1v) is 5.48. The monoisotopic (exact) mass is 273 g/mol. The molecule has 1 aliphatic rings. The molecular weight excluding hydrogens is 262 g/mol. The number of morpholine rings is 1. The van der Waals surface area contributed by atoms with E-state index >= 15 is 0 Å². The Morgan fingerprint density at radius 3 is 2.73 bits per heavy atom. The van der Waals surface area contributed by atoms with Crippen LogP contribution < -0.4 is 16.3 Å². The number of nitrogens with zero attached hydrogens (tertiary/aromatic N) is 2. The van der Waals surface area contributed by atoms with E-state index in [1.54, 1.807) is 12.3 Å². The number of nitrogen functional groups attached to an aromatic ring is 1. The maximum atomic E-state index is 11.8. The summed E-state index contributed by atoms with van der Waals surface area (Å²) in [6, 6.07) is 1.79. The van der Waals surface area contributed by atoms with Crippen LogP contribution in [0.15, 0.2) is 21.5 Å². The van der Waals surface area contributed by atoms with E-state index < -0.39 is 0 Å². The van der Waals surface area contributed by atoms with Crippen molar-refractivity contribution in [3.63, 3.8) is 0 Å². The van der Waals surface area contributed by atoms with Gasteiger partial charge in [0.1, 0.15) is 5.69 Å². The predicted molar refractivity (Wildman–Crippen MR) is 61.6 cm³/mol. The molecule has 0 spiro atoms. The Hall–Kier alpha value is -1.01. The van der Waals surface area contributed by atoms with Gasteiger partial charge in [-0.15, -0.1) is 0 Å². The van der Waals surface area contributed by atoms with Gasteiger partial charge >= 0.3 is 0 Å². The Morgan fingerprint density at radius 1 is 1.40 bits per heavy atom. The second-order valence-corrected chi connectivity index (χ2v) is 4.27. The summed E-state index contributed by atoms with van der Waals surface area (Å²) >= 11 is 3.32. The standard InChI is InChI=1S/C9H12BrN3O2/c10-7-5-8(9(14)13(11)6-7)12-1-3-15-4-2-12/h5-6H,1-4,11H2. The smallest absolute Gasteiger partial charge is 0.292 e. The first kappa shape index (κ1) is 10.5. The Bertz CT molecular complexity index is 412. The molecule has 0 saturated carbocycles. The minimum Gasteiger partial charge on any atom is -0.378 e. The topological polar surface area (TPSA) is 60.5 Å². The lowest BCUT2D eigenvalue weighted by Gasteiger charge is -2.28. The van der Waals surface area contributed by atoms with Crippen molar-refractivity contribution in [3.05, 3.63) is 27.1 Å².